The summed E-state index contributed by atoms with van der Waals surface area (Å²) in [5.41, 5.74) is 0.290. The van der Waals surface area contributed by atoms with E-state index in [0.717, 1.165) is 18.6 Å². The second-order valence-electron chi connectivity index (χ2n) is 5.95. The summed E-state index contributed by atoms with van der Waals surface area (Å²) in [7, 11) is 1.52. The number of hydrogen-bond donors (Lipinski definition) is 1. The van der Waals surface area contributed by atoms with Crippen molar-refractivity contribution in [3.63, 3.8) is 0 Å². The molecule has 0 saturated carbocycles. The van der Waals surface area contributed by atoms with Crippen LogP contribution in [0.15, 0.2) is 42.5 Å². The zero-order valence-electron chi connectivity index (χ0n) is 13.9. The summed E-state index contributed by atoms with van der Waals surface area (Å²) in [6, 6.07) is 12.0. The molecule has 5 nitrogen and oxygen atoms in total. The largest absolute Gasteiger partial charge is 0.507 e. The molecule has 25 heavy (non-hydrogen) atoms. The maximum atomic E-state index is 12.6. The van der Waals surface area contributed by atoms with Gasteiger partial charge in [-0.05, 0) is 36.4 Å². The number of ether oxygens (including phenoxy) is 2. The zero-order chi connectivity index (χ0) is 17.8. The highest BCUT2D eigenvalue weighted by Gasteiger charge is 2.26. The van der Waals surface area contributed by atoms with Crippen LogP contribution in [0.5, 0.6) is 17.2 Å². The molecular weight excluding hydrogens is 342 g/mol. The van der Waals surface area contributed by atoms with Crippen LogP contribution in [-0.2, 0) is 0 Å². The molecule has 1 fully saturated rings. The van der Waals surface area contributed by atoms with Crippen LogP contribution in [0.25, 0.3) is 0 Å². The minimum absolute atomic E-state index is 0.0645. The molecule has 3 rings (SSSR count). The molecule has 0 aromatic heterocycles. The van der Waals surface area contributed by atoms with Gasteiger partial charge in [0.1, 0.15) is 23.4 Å². The number of likely N-dealkylation sites (tertiary alicyclic amines) is 1. The van der Waals surface area contributed by atoms with Gasteiger partial charge in [-0.15, -0.1) is 0 Å². The number of carbonyl (C=O) groups excluding carboxylic acids is 1. The molecule has 1 aliphatic rings. The van der Waals surface area contributed by atoms with Crippen molar-refractivity contribution in [3.8, 4) is 17.2 Å². The summed E-state index contributed by atoms with van der Waals surface area (Å²) >= 11 is 5.87. The lowest BCUT2D eigenvalue weighted by Gasteiger charge is -2.32. The van der Waals surface area contributed by atoms with Crippen molar-refractivity contribution < 1.29 is 19.4 Å². The minimum atomic E-state index is -0.176. The van der Waals surface area contributed by atoms with Crippen molar-refractivity contribution in [3.05, 3.63) is 53.1 Å². The van der Waals surface area contributed by atoms with Gasteiger partial charge in [-0.1, -0.05) is 11.6 Å². The van der Waals surface area contributed by atoms with Gasteiger partial charge in [0.05, 0.1) is 12.7 Å². The Labute approximate surface area is 151 Å². The number of hydrogen-bond acceptors (Lipinski definition) is 4. The van der Waals surface area contributed by atoms with Gasteiger partial charge in [0, 0.05) is 37.0 Å². The molecule has 0 bridgehead atoms. The maximum absolute atomic E-state index is 12.6. The van der Waals surface area contributed by atoms with E-state index >= 15 is 0 Å². The van der Waals surface area contributed by atoms with Crippen LogP contribution < -0.4 is 9.47 Å². The van der Waals surface area contributed by atoms with Crippen LogP contribution in [-0.4, -0.2) is 42.2 Å². The third-order valence-electron chi connectivity index (χ3n) is 4.28. The molecule has 0 radical (unpaired) electrons. The van der Waals surface area contributed by atoms with Gasteiger partial charge in [-0.2, -0.15) is 0 Å². The number of piperidine rings is 1. The number of phenolic OH excluding ortho intramolecular Hbond substituents is 1. The fourth-order valence-corrected chi connectivity index (χ4v) is 3.00. The monoisotopic (exact) mass is 361 g/mol. The van der Waals surface area contributed by atoms with Crippen LogP contribution >= 0.6 is 11.6 Å². The topological polar surface area (TPSA) is 59.0 Å². The van der Waals surface area contributed by atoms with Crippen LogP contribution in [0.4, 0.5) is 0 Å². The highest BCUT2D eigenvalue weighted by atomic mass is 35.5. The van der Waals surface area contributed by atoms with Gasteiger partial charge in [0.15, 0.2) is 0 Å². The Morgan fingerprint density at radius 2 is 1.76 bits per heavy atom. The van der Waals surface area contributed by atoms with E-state index in [-0.39, 0.29) is 23.3 Å². The summed E-state index contributed by atoms with van der Waals surface area (Å²) in [6.07, 6.45) is 1.55. The van der Waals surface area contributed by atoms with Crippen molar-refractivity contribution >= 4 is 17.5 Å². The minimum Gasteiger partial charge on any atom is -0.507 e. The van der Waals surface area contributed by atoms with Gasteiger partial charge in [0.2, 0.25) is 0 Å². The highest BCUT2D eigenvalue weighted by molar-refractivity contribution is 6.30. The molecule has 6 heteroatoms. The van der Waals surface area contributed by atoms with Crippen molar-refractivity contribution in [2.45, 2.75) is 18.9 Å². The molecule has 132 valence electrons. The molecule has 2 aromatic carbocycles. The van der Waals surface area contributed by atoms with Crippen molar-refractivity contribution in [2.24, 2.45) is 0 Å². The first-order valence-electron chi connectivity index (χ1n) is 8.15. The zero-order valence-corrected chi connectivity index (χ0v) is 14.7. The summed E-state index contributed by atoms with van der Waals surface area (Å²) in [6.45, 7) is 1.17. The quantitative estimate of drug-likeness (QED) is 0.901. The predicted molar refractivity (Wildman–Crippen MR) is 95.7 cm³/mol. The molecular formula is C19H20ClNO4. The number of benzene rings is 2. The molecule has 0 atom stereocenters. The van der Waals surface area contributed by atoms with E-state index in [0.29, 0.717) is 23.9 Å². The Hall–Kier alpha value is -2.40. The average Bonchev–Trinajstić information content (AvgIpc) is 2.63. The number of amides is 1. The first kappa shape index (κ1) is 17.4. The van der Waals surface area contributed by atoms with E-state index in [4.69, 9.17) is 21.1 Å². The van der Waals surface area contributed by atoms with Gasteiger partial charge >= 0.3 is 0 Å². The summed E-state index contributed by atoms with van der Waals surface area (Å²) in [5, 5.41) is 10.7. The van der Waals surface area contributed by atoms with Crippen LogP contribution in [0, 0.1) is 0 Å². The maximum Gasteiger partial charge on any atom is 0.257 e. The number of methoxy groups -OCH3 is 1. The SMILES string of the molecule is COc1ccc(C(=O)N2CCC(Oc3ccc(Cl)cc3)CC2)c(O)c1. The van der Waals surface area contributed by atoms with Gasteiger partial charge < -0.3 is 19.5 Å². The van der Waals surface area contributed by atoms with Gasteiger partial charge in [-0.3, -0.25) is 4.79 Å². The summed E-state index contributed by atoms with van der Waals surface area (Å²) in [5.74, 6) is 1.06. The van der Waals surface area contributed by atoms with Crippen LogP contribution in [0.2, 0.25) is 5.02 Å². The van der Waals surface area contributed by atoms with E-state index in [1.807, 2.05) is 12.1 Å². The molecule has 2 aromatic rings. The Morgan fingerprint density at radius 3 is 2.36 bits per heavy atom. The van der Waals surface area contributed by atoms with Crippen molar-refractivity contribution in [2.75, 3.05) is 20.2 Å². The Kier molecular flexibility index (Phi) is 5.34. The lowest BCUT2D eigenvalue weighted by molar-refractivity contribution is 0.0593. The second kappa shape index (κ2) is 7.66. The van der Waals surface area contributed by atoms with E-state index in [2.05, 4.69) is 0 Å². The normalized spacial score (nSPS) is 15.0. The van der Waals surface area contributed by atoms with Gasteiger partial charge in [0.25, 0.3) is 5.91 Å². The number of aromatic hydroxyl groups is 1. The lowest BCUT2D eigenvalue weighted by Crippen LogP contribution is -2.41. The lowest BCUT2D eigenvalue weighted by atomic mass is 10.1. The van der Waals surface area contributed by atoms with E-state index in [9.17, 15) is 9.90 Å². The Balaban J connectivity index is 1.58. The smallest absolute Gasteiger partial charge is 0.257 e. The molecule has 1 aliphatic heterocycles. The fourth-order valence-electron chi connectivity index (χ4n) is 2.87. The van der Waals surface area contributed by atoms with Crippen molar-refractivity contribution in [1.29, 1.82) is 0 Å². The number of carbonyl (C=O) groups is 1. The number of halogens is 1. The first-order valence-corrected chi connectivity index (χ1v) is 8.53. The molecule has 1 amide bonds. The standard InChI is InChI=1S/C19H20ClNO4/c1-24-16-6-7-17(18(22)12-16)19(23)21-10-8-15(9-11-21)25-14-4-2-13(20)3-5-14/h2-7,12,15,22H,8-11H2,1H3. The average molecular weight is 362 g/mol. The molecule has 1 heterocycles. The fraction of sp³-hybridized carbons (Fsp3) is 0.316. The summed E-state index contributed by atoms with van der Waals surface area (Å²) < 4.78 is 11.0. The van der Waals surface area contributed by atoms with Crippen LogP contribution in [0.1, 0.15) is 23.2 Å². The van der Waals surface area contributed by atoms with Gasteiger partial charge in [-0.25, -0.2) is 0 Å². The third kappa shape index (κ3) is 4.17. The molecule has 0 spiro atoms. The Morgan fingerprint density at radius 1 is 1.12 bits per heavy atom. The first-order chi connectivity index (χ1) is 12.1. The molecule has 0 unspecified atom stereocenters. The third-order valence-corrected chi connectivity index (χ3v) is 4.53. The van der Waals surface area contributed by atoms with E-state index in [1.54, 1.807) is 29.2 Å². The highest BCUT2D eigenvalue weighted by Crippen LogP contribution is 2.26. The van der Waals surface area contributed by atoms with Crippen molar-refractivity contribution in [1.82, 2.24) is 4.90 Å². The predicted octanol–water partition coefficient (Wildman–Crippen LogP) is 3.74. The summed E-state index contributed by atoms with van der Waals surface area (Å²) in [4.78, 5) is 14.3. The number of rotatable bonds is 4. The number of phenols is 1. The molecule has 1 saturated heterocycles. The Bertz CT molecular complexity index is 740. The molecule has 1 N–H and O–H groups in total. The number of nitrogens with zero attached hydrogens (tertiary/aromatic N) is 1. The van der Waals surface area contributed by atoms with Crippen LogP contribution in [0.3, 0.4) is 0 Å². The van der Waals surface area contributed by atoms with E-state index < -0.39 is 0 Å². The second-order valence-corrected chi connectivity index (χ2v) is 6.38. The van der Waals surface area contributed by atoms with E-state index in [1.165, 1.54) is 13.2 Å². The molecule has 0 aliphatic carbocycles.